The summed E-state index contributed by atoms with van der Waals surface area (Å²) in [6.45, 7) is 5.07. The molecule has 2 aliphatic rings. The lowest BCUT2D eigenvalue weighted by Gasteiger charge is -2.33. The quantitative estimate of drug-likeness (QED) is 0.801. The first kappa shape index (κ1) is 19.8. The van der Waals surface area contributed by atoms with Crippen LogP contribution in [0, 0.1) is 18.8 Å². The Hall–Kier alpha value is -1.96. The first-order valence-corrected chi connectivity index (χ1v) is 10.5. The SMILES string of the molecule is Cc1nc(C(C)NC(=O)C2CCCCC2C(=O)N2CCCC2)sc1C(=O)O. The maximum atomic E-state index is 12.9. The van der Waals surface area contributed by atoms with Crippen molar-refractivity contribution in [2.24, 2.45) is 11.8 Å². The highest BCUT2D eigenvalue weighted by Crippen LogP contribution is 2.33. The van der Waals surface area contributed by atoms with Gasteiger partial charge in [0.05, 0.1) is 11.7 Å². The van der Waals surface area contributed by atoms with E-state index in [0.717, 1.165) is 63.0 Å². The number of hydrogen-bond acceptors (Lipinski definition) is 5. The highest BCUT2D eigenvalue weighted by molar-refractivity contribution is 7.13. The van der Waals surface area contributed by atoms with Crippen molar-refractivity contribution in [3.63, 3.8) is 0 Å². The number of carbonyl (C=O) groups excluding carboxylic acids is 2. The molecule has 3 rings (SSSR count). The Kier molecular flexibility index (Phi) is 6.14. The molecule has 1 aliphatic carbocycles. The van der Waals surface area contributed by atoms with Crippen LogP contribution in [0.5, 0.6) is 0 Å². The van der Waals surface area contributed by atoms with Crippen LogP contribution in [0.3, 0.4) is 0 Å². The van der Waals surface area contributed by atoms with E-state index in [9.17, 15) is 19.5 Å². The average molecular weight is 394 g/mol. The normalized spacial score (nSPS) is 23.9. The Morgan fingerprint density at radius 2 is 1.78 bits per heavy atom. The van der Waals surface area contributed by atoms with Gasteiger partial charge >= 0.3 is 5.97 Å². The molecular weight excluding hydrogens is 366 g/mol. The highest BCUT2D eigenvalue weighted by Gasteiger charge is 2.38. The second-order valence-electron chi connectivity index (χ2n) is 7.53. The van der Waals surface area contributed by atoms with Gasteiger partial charge in [-0.1, -0.05) is 12.8 Å². The predicted octanol–water partition coefficient (Wildman–Crippen LogP) is 2.76. The molecule has 27 heavy (non-hydrogen) atoms. The maximum Gasteiger partial charge on any atom is 0.347 e. The predicted molar refractivity (Wildman–Crippen MR) is 102 cm³/mol. The lowest BCUT2D eigenvalue weighted by molar-refractivity contribution is -0.143. The fourth-order valence-corrected chi connectivity index (χ4v) is 5.00. The molecule has 0 bridgehead atoms. The minimum atomic E-state index is -1.00. The largest absolute Gasteiger partial charge is 0.477 e. The first-order chi connectivity index (χ1) is 12.9. The molecular formula is C19H27N3O4S. The molecule has 0 aromatic carbocycles. The van der Waals surface area contributed by atoms with E-state index in [-0.39, 0.29) is 34.6 Å². The zero-order valence-electron chi connectivity index (χ0n) is 15.9. The van der Waals surface area contributed by atoms with E-state index in [2.05, 4.69) is 10.3 Å². The Bertz CT molecular complexity index is 727. The number of amides is 2. The molecule has 8 heteroatoms. The van der Waals surface area contributed by atoms with Gasteiger partial charge in [-0.05, 0) is 39.5 Å². The van der Waals surface area contributed by atoms with Crippen LogP contribution >= 0.6 is 11.3 Å². The molecule has 0 spiro atoms. The molecule has 1 saturated heterocycles. The summed E-state index contributed by atoms with van der Waals surface area (Å²) in [6, 6.07) is -0.376. The van der Waals surface area contributed by atoms with Crippen molar-refractivity contribution < 1.29 is 19.5 Å². The number of likely N-dealkylation sites (tertiary alicyclic amines) is 1. The van der Waals surface area contributed by atoms with Gasteiger partial charge in [-0.3, -0.25) is 9.59 Å². The number of carbonyl (C=O) groups is 3. The number of aromatic carboxylic acids is 1. The van der Waals surface area contributed by atoms with Crippen LogP contribution in [0.2, 0.25) is 0 Å². The third-order valence-corrected chi connectivity index (χ3v) is 6.90. The molecule has 1 saturated carbocycles. The number of carboxylic acids is 1. The standard InChI is InChI=1S/C19H27N3O4S/c1-11-15(19(25)26)27-17(21-11)12(2)20-16(23)13-7-3-4-8-14(13)18(24)22-9-5-6-10-22/h12-14H,3-10H2,1-2H3,(H,20,23)(H,25,26). The average Bonchev–Trinajstić information content (AvgIpc) is 3.30. The Morgan fingerprint density at radius 1 is 1.15 bits per heavy atom. The first-order valence-electron chi connectivity index (χ1n) is 9.68. The molecule has 1 aromatic heterocycles. The summed E-state index contributed by atoms with van der Waals surface area (Å²) >= 11 is 1.09. The number of rotatable bonds is 5. The fraction of sp³-hybridized carbons (Fsp3) is 0.684. The topological polar surface area (TPSA) is 99.6 Å². The van der Waals surface area contributed by atoms with Gasteiger partial charge in [-0.2, -0.15) is 0 Å². The maximum absolute atomic E-state index is 12.9. The molecule has 2 amide bonds. The summed E-state index contributed by atoms with van der Waals surface area (Å²) in [5, 5.41) is 12.7. The number of aromatic nitrogens is 1. The number of hydrogen-bond donors (Lipinski definition) is 2. The molecule has 3 unspecified atom stereocenters. The van der Waals surface area contributed by atoms with Crippen molar-refractivity contribution >= 4 is 29.1 Å². The summed E-state index contributed by atoms with van der Waals surface area (Å²) in [5.41, 5.74) is 0.461. The van der Waals surface area contributed by atoms with Crippen LogP contribution in [0.1, 0.15) is 71.9 Å². The van der Waals surface area contributed by atoms with Crippen molar-refractivity contribution in [2.75, 3.05) is 13.1 Å². The zero-order valence-corrected chi connectivity index (χ0v) is 16.7. The summed E-state index contributed by atoms with van der Waals surface area (Å²) < 4.78 is 0. The molecule has 7 nitrogen and oxygen atoms in total. The van der Waals surface area contributed by atoms with Crippen molar-refractivity contribution in [3.8, 4) is 0 Å². The van der Waals surface area contributed by atoms with Crippen LogP contribution in [0.25, 0.3) is 0 Å². The van der Waals surface area contributed by atoms with Gasteiger partial charge in [0.2, 0.25) is 11.8 Å². The lowest BCUT2D eigenvalue weighted by atomic mass is 9.77. The highest BCUT2D eigenvalue weighted by atomic mass is 32.1. The van der Waals surface area contributed by atoms with Gasteiger partial charge < -0.3 is 15.3 Å². The molecule has 1 aromatic rings. The summed E-state index contributed by atoms with van der Waals surface area (Å²) in [7, 11) is 0. The van der Waals surface area contributed by atoms with Gasteiger partial charge in [0, 0.05) is 24.9 Å². The number of aryl methyl sites for hydroxylation is 1. The van der Waals surface area contributed by atoms with Crippen LogP contribution in [-0.2, 0) is 9.59 Å². The Balaban J connectivity index is 1.68. The van der Waals surface area contributed by atoms with Crippen molar-refractivity contribution in [1.82, 2.24) is 15.2 Å². The van der Waals surface area contributed by atoms with Gasteiger partial charge in [-0.25, -0.2) is 9.78 Å². The molecule has 148 valence electrons. The van der Waals surface area contributed by atoms with Crippen molar-refractivity contribution in [1.29, 1.82) is 0 Å². The zero-order chi connectivity index (χ0) is 19.6. The van der Waals surface area contributed by atoms with E-state index >= 15 is 0 Å². The number of nitrogens with zero attached hydrogens (tertiary/aromatic N) is 2. The van der Waals surface area contributed by atoms with E-state index in [1.54, 1.807) is 6.92 Å². The van der Waals surface area contributed by atoms with Crippen molar-refractivity contribution in [2.45, 2.75) is 58.4 Å². The summed E-state index contributed by atoms with van der Waals surface area (Å²) in [4.78, 5) is 43.4. The van der Waals surface area contributed by atoms with E-state index in [1.165, 1.54) is 0 Å². The molecule has 3 atom stereocenters. The molecule has 2 heterocycles. The minimum Gasteiger partial charge on any atom is -0.477 e. The third-order valence-electron chi connectivity index (χ3n) is 5.57. The van der Waals surface area contributed by atoms with Crippen LogP contribution in [-0.4, -0.2) is 45.9 Å². The van der Waals surface area contributed by atoms with Gasteiger partial charge in [-0.15, -0.1) is 11.3 Å². The van der Waals surface area contributed by atoms with Gasteiger partial charge in [0.1, 0.15) is 9.88 Å². The van der Waals surface area contributed by atoms with E-state index in [1.807, 2.05) is 11.8 Å². The number of carboxylic acid groups (broad SMARTS) is 1. The second kappa shape index (κ2) is 8.37. The van der Waals surface area contributed by atoms with Crippen LogP contribution < -0.4 is 5.32 Å². The Morgan fingerprint density at radius 3 is 2.37 bits per heavy atom. The van der Waals surface area contributed by atoms with Crippen LogP contribution in [0.15, 0.2) is 0 Å². The summed E-state index contributed by atoms with van der Waals surface area (Å²) in [6.07, 6.45) is 5.51. The number of nitrogens with one attached hydrogen (secondary N) is 1. The van der Waals surface area contributed by atoms with Gasteiger partial charge in [0.25, 0.3) is 0 Å². The second-order valence-corrected chi connectivity index (χ2v) is 8.56. The fourth-order valence-electron chi connectivity index (χ4n) is 4.10. The van der Waals surface area contributed by atoms with Crippen LogP contribution in [0.4, 0.5) is 0 Å². The number of thiazole rings is 1. The summed E-state index contributed by atoms with van der Waals surface area (Å²) in [5.74, 6) is -1.55. The molecule has 2 fully saturated rings. The third kappa shape index (κ3) is 4.31. The Labute approximate surface area is 163 Å². The van der Waals surface area contributed by atoms with Gasteiger partial charge in [0.15, 0.2) is 0 Å². The lowest BCUT2D eigenvalue weighted by Crippen LogP contribution is -2.45. The van der Waals surface area contributed by atoms with E-state index in [4.69, 9.17) is 0 Å². The van der Waals surface area contributed by atoms with E-state index < -0.39 is 5.97 Å². The molecule has 2 N–H and O–H groups in total. The van der Waals surface area contributed by atoms with E-state index in [0.29, 0.717) is 10.7 Å². The van der Waals surface area contributed by atoms with Crippen molar-refractivity contribution in [3.05, 3.63) is 15.6 Å². The molecule has 1 aliphatic heterocycles. The minimum absolute atomic E-state index is 0.121. The smallest absolute Gasteiger partial charge is 0.347 e. The monoisotopic (exact) mass is 393 g/mol. The molecule has 0 radical (unpaired) electrons.